The number of rotatable bonds is 5. The van der Waals surface area contributed by atoms with Crippen molar-refractivity contribution in [2.24, 2.45) is 0 Å². The van der Waals surface area contributed by atoms with E-state index in [1.165, 1.54) is 23.1 Å². The molecule has 0 aliphatic carbocycles. The van der Waals surface area contributed by atoms with Crippen LogP contribution in [0.15, 0.2) is 36.4 Å². The van der Waals surface area contributed by atoms with Crippen LogP contribution in [0.3, 0.4) is 0 Å². The zero-order valence-corrected chi connectivity index (χ0v) is 17.9. The fraction of sp³-hybridized carbons (Fsp3) is 0.273. The summed E-state index contributed by atoms with van der Waals surface area (Å²) in [5, 5.41) is 4.66. The lowest BCUT2D eigenvalue weighted by atomic mass is 9.87. The molecule has 1 saturated heterocycles. The fourth-order valence-electron chi connectivity index (χ4n) is 3.91. The Labute approximate surface area is 193 Å². The van der Waals surface area contributed by atoms with E-state index in [0.29, 0.717) is 16.7 Å². The summed E-state index contributed by atoms with van der Waals surface area (Å²) in [6.07, 6.45) is 0.334. The van der Waals surface area contributed by atoms with Gasteiger partial charge >= 0.3 is 5.92 Å². The lowest BCUT2D eigenvalue weighted by Gasteiger charge is -2.29. The molecule has 0 spiro atoms. The van der Waals surface area contributed by atoms with Gasteiger partial charge in [0.25, 0.3) is 11.8 Å². The summed E-state index contributed by atoms with van der Waals surface area (Å²) in [5.41, 5.74) is 0.831. The highest BCUT2D eigenvalue weighted by Gasteiger charge is 2.41. The molecule has 1 unspecified atom stereocenters. The minimum Gasteiger partial charge on any atom is -0.346 e. The van der Waals surface area contributed by atoms with Gasteiger partial charge in [0.1, 0.15) is 13.9 Å². The molecule has 2 aromatic rings. The molecule has 7 nitrogen and oxygen atoms in total. The van der Waals surface area contributed by atoms with Crippen LogP contribution in [0.25, 0.3) is 0 Å². The molecule has 0 saturated carbocycles. The summed E-state index contributed by atoms with van der Waals surface area (Å²) >= 11 is 5.71. The van der Waals surface area contributed by atoms with E-state index in [1.54, 1.807) is 6.07 Å². The molecular weight excluding hydrogens is 455 g/mol. The molecule has 33 heavy (non-hydrogen) atoms. The molecule has 2 heterocycles. The van der Waals surface area contributed by atoms with Crippen LogP contribution in [-0.4, -0.2) is 42.4 Å². The highest BCUT2D eigenvalue weighted by atomic mass is 35.5. The Morgan fingerprint density at radius 3 is 2.58 bits per heavy atom. The molecule has 168 valence electrons. The third kappa shape index (κ3) is 4.35. The topological polar surface area (TPSA) is 95.6 Å². The number of fused-ring (bicyclic) bond motifs is 1. The van der Waals surface area contributed by atoms with Crippen LogP contribution < -0.4 is 16.1 Å². The molecule has 0 bridgehead atoms. The number of carbonyl (C=O) groups is 4. The quantitative estimate of drug-likeness (QED) is 0.508. The van der Waals surface area contributed by atoms with Crippen molar-refractivity contribution in [3.05, 3.63) is 63.7 Å². The highest BCUT2D eigenvalue weighted by Crippen LogP contribution is 2.30. The fourth-order valence-corrected chi connectivity index (χ4v) is 4.04. The van der Waals surface area contributed by atoms with Crippen LogP contribution in [0, 0.1) is 0 Å². The molecule has 0 aromatic heterocycles. The Morgan fingerprint density at radius 1 is 1.21 bits per heavy atom. The van der Waals surface area contributed by atoms with Gasteiger partial charge in [0.2, 0.25) is 11.8 Å². The molecule has 1 atom stereocenters. The Morgan fingerprint density at radius 2 is 1.91 bits per heavy atom. The predicted octanol–water partition coefficient (Wildman–Crippen LogP) is 1.30. The van der Waals surface area contributed by atoms with Gasteiger partial charge in [-0.25, -0.2) is 0 Å². The number of imide groups is 1. The maximum atomic E-state index is 14.5. The van der Waals surface area contributed by atoms with Crippen molar-refractivity contribution in [2.75, 3.05) is 0 Å². The van der Waals surface area contributed by atoms with Crippen molar-refractivity contribution < 1.29 is 28.0 Å². The molecule has 2 aliphatic rings. The van der Waals surface area contributed by atoms with E-state index in [4.69, 9.17) is 19.4 Å². The van der Waals surface area contributed by atoms with E-state index < -0.39 is 41.2 Å². The van der Waals surface area contributed by atoms with Gasteiger partial charge in [-0.05, 0) is 29.7 Å². The number of hydrogen-bond donors (Lipinski definition) is 2. The van der Waals surface area contributed by atoms with Crippen molar-refractivity contribution in [3.63, 3.8) is 0 Å². The standard InChI is InChI=1S/C22H17BClF2N3O4/c23-16-8-15-12(10-29(20(15)32)17-5-6-18(30)28-19(17)31)7-11(16)9-27-21(33)22(25,26)13-1-3-14(24)4-2-13/h1-4,7-8,17H,5-6,9-10H2,(H,27,33)(H,28,30,31). The second-order valence-corrected chi connectivity index (χ2v) is 8.31. The lowest BCUT2D eigenvalue weighted by molar-refractivity contribution is -0.147. The molecule has 2 N–H and O–H groups in total. The summed E-state index contributed by atoms with van der Waals surface area (Å²) in [7, 11) is 6.00. The first-order chi connectivity index (χ1) is 15.6. The molecule has 1 fully saturated rings. The summed E-state index contributed by atoms with van der Waals surface area (Å²) < 4.78 is 29.0. The average Bonchev–Trinajstić information content (AvgIpc) is 3.07. The van der Waals surface area contributed by atoms with Crippen molar-refractivity contribution >= 4 is 48.5 Å². The molecule has 2 aromatic carbocycles. The number of nitrogens with one attached hydrogen (secondary N) is 2. The zero-order chi connectivity index (χ0) is 23.9. The first kappa shape index (κ1) is 22.9. The number of benzene rings is 2. The average molecular weight is 472 g/mol. The zero-order valence-electron chi connectivity index (χ0n) is 17.2. The normalized spacial score (nSPS) is 18.2. The predicted molar refractivity (Wildman–Crippen MR) is 115 cm³/mol. The van der Waals surface area contributed by atoms with E-state index in [0.717, 1.165) is 12.1 Å². The van der Waals surface area contributed by atoms with Crippen molar-refractivity contribution in [1.29, 1.82) is 0 Å². The van der Waals surface area contributed by atoms with Gasteiger partial charge in [-0.15, -0.1) is 0 Å². The van der Waals surface area contributed by atoms with Gasteiger partial charge in [0.05, 0.1) is 0 Å². The maximum absolute atomic E-state index is 14.5. The molecule has 4 rings (SSSR count). The van der Waals surface area contributed by atoms with Crippen molar-refractivity contribution in [2.45, 2.75) is 37.9 Å². The number of halogens is 3. The highest BCUT2D eigenvalue weighted by molar-refractivity contribution is 6.34. The van der Waals surface area contributed by atoms with Crippen LogP contribution in [0.5, 0.6) is 0 Å². The smallest absolute Gasteiger partial charge is 0.346 e. The molecular formula is C22H17BClF2N3O4. The Bertz CT molecular complexity index is 1170. The minimum atomic E-state index is -3.78. The van der Waals surface area contributed by atoms with Crippen LogP contribution in [0.4, 0.5) is 8.78 Å². The van der Waals surface area contributed by atoms with E-state index in [1.807, 2.05) is 0 Å². The Balaban J connectivity index is 1.48. The van der Waals surface area contributed by atoms with Crippen molar-refractivity contribution in [3.8, 4) is 0 Å². The maximum Gasteiger partial charge on any atom is 0.349 e. The monoisotopic (exact) mass is 471 g/mol. The van der Waals surface area contributed by atoms with Crippen molar-refractivity contribution in [1.82, 2.24) is 15.5 Å². The van der Waals surface area contributed by atoms with Crippen LogP contribution in [0.2, 0.25) is 5.02 Å². The van der Waals surface area contributed by atoms with Crippen LogP contribution >= 0.6 is 11.6 Å². The molecule has 11 heteroatoms. The number of hydrogen-bond acceptors (Lipinski definition) is 4. The largest absolute Gasteiger partial charge is 0.349 e. The Kier molecular flexibility index (Phi) is 5.96. The number of amides is 4. The van der Waals surface area contributed by atoms with Gasteiger partial charge in [-0.3, -0.25) is 24.5 Å². The SMILES string of the molecule is [B]c1cc2c(cc1CNC(=O)C(F)(F)c1ccc(Cl)cc1)CN(C1CCC(=O)NC1=O)C2=O. The summed E-state index contributed by atoms with van der Waals surface area (Å²) in [4.78, 5) is 49.8. The molecule has 2 radical (unpaired) electrons. The summed E-state index contributed by atoms with van der Waals surface area (Å²) in [5.74, 6) is -6.63. The number of carbonyl (C=O) groups excluding carboxylic acids is 4. The van der Waals surface area contributed by atoms with E-state index in [9.17, 15) is 28.0 Å². The number of piperidine rings is 1. The minimum absolute atomic E-state index is 0.0998. The number of alkyl halides is 2. The second kappa shape index (κ2) is 8.59. The summed E-state index contributed by atoms with van der Waals surface area (Å²) in [6.45, 7) is -0.184. The first-order valence-electron chi connectivity index (χ1n) is 10.1. The number of nitrogens with zero attached hydrogens (tertiary/aromatic N) is 1. The second-order valence-electron chi connectivity index (χ2n) is 7.87. The lowest BCUT2D eigenvalue weighted by Crippen LogP contribution is -2.52. The van der Waals surface area contributed by atoms with Crippen LogP contribution in [-0.2, 0) is 33.4 Å². The van der Waals surface area contributed by atoms with Crippen LogP contribution in [0.1, 0.15) is 39.9 Å². The third-order valence-corrected chi connectivity index (χ3v) is 5.97. The van der Waals surface area contributed by atoms with E-state index in [2.05, 4.69) is 10.6 Å². The van der Waals surface area contributed by atoms with Gasteiger partial charge < -0.3 is 10.2 Å². The Hall–Kier alpha value is -3.27. The van der Waals surface area contributed by atoms with E-state index in [-0.39, 0.29) is 36.4 Å². The first-order valence-corrected chi connectivity index (χ1v) is 10.4. The van der Waals surface area contributed by atoms with Gasteiger partial charge in [-0.2, -0.15) is 8.78 Å². The molecule has 4 amide bonds. The third-order valence-electron chi connectivity index (χ3n) is 5.71. The van der Waals surface area contributed by atoms with Gasteiger partial charge in [-0.1, -0.05) is 41.3 Å². The van der Waals surface area contributed by atoms with Gasteiger partial charge in [0, 0.05) is 35.7 Å². The summed E-state index contributed by atoms with van der Waals surface area (Å²) in [6, 6.07) is 6.84. The van der Waals surface area contributed by atoms with Gasteiger partial charge in [0.15, 0.2) is 0 Å². The molecule has 2 aliphatic heterocycles. The van der Waals surface area contributed by atoms with E-state index >= 15 is 0 Å².